The van der Waals surface area contributed by atoms with E-state index in [1.54, 1.807) is 12.1 Å². The van der Waals surface area contributed by atoms with Gasteiger partial charge in [-0.15, -0.1) is 0 Å². The van der Waals surface area contributed by atoms with Gasteiger partial charge in [-0.2, -0.15) is 0 Å². The molecule has 2 N–H and O–H groups in total. The molecule has 0 bridgehead atoms. The van der Waals surface area contributed by atoms with Crippen LogP contribution >= 0.6 is 23.2 Å². The van der Waals surface area contributed by atoms with Gasteiger partial charge >= 0.3 is 0 Å². The van der Waals surface area contributed by atoms with E-state index < -0.39 is 0 Å². The zero-order valence-electron chi connectivity index (χ0n) is 10.3. The Morgan fingerprint density at radius 3 is 2.15 bits per heavy atom. The predicted octanol–water partition coefficient (Wildman–Crippen LogP) is 4.90. The van der Waals surface area contributed by atoms with Crippen molar-refractivity contribution in [3.05, 3.63) is 58.6 Å². The number of nitrogen functional groups attached to an aromatic ring is 1. The van der Waals surface area contributed by atoms with E-state index in [-0.39, 0.29) is 5.88 Å². The van der Waals surface area contributed by atoms with Crippen molar-refractivity contribution in [3.63, 3.8) is 0 Å². The van der Waals surface area contributed by atoms with Crippen molar-refractivity contribution < 1.29 is 4.52 Å². The van der Waals surface area contributed by atoms with Crippen molar-refractivity contribution in [1.82, 2.24) is 5.16 Å². The molecule has 0 fully saturated rings. The van der Waals surface area contributed by atoms with Crippen molar-refractivity contribution in [1.29, 1.82) is 0 Å². The molecule has 0 amide bonds. The van der Waals surface area contributed by atoms with Crippen molar-refractivity contribution in [2.75, 3.05) is 5.73 Å². The summed E-state index contributed by atoms with van der Waals surface area (Å²) in [7, 11) is 0. The van der Waals surface area contributed by atoms with E-state index >= 15 is 0 Å². The Balaban J connectivity index is 2.20. The SMILES string of the molecule is Nc1onc(-c2cccc(Cl)c2)c1-c1cccc(Cl)c1. The molecule has 1 heterocycles. The molecule has 3 rings (SSSR count). The number of nitrogens with two attached hydrogens (primary N) is 1. The van der Waals surface area contributed by atoms with Crippen LogP contribution in [0.5, 0.6) is 0 Å². The van der Waals surface area contributed by atoms with Gasteiger partial charge in [0.05, 0.1) is 5.56 Å². The smallest absolute Gasteiger partial charge is 0.230 e. The Labute approximate surface area is 125 Å². The minimum Gasteiger partial charge on any atom is -0.367 e. The molecule has 0 aliphatic heterocycles. The van der Waals surface area contributed by atoms with Gasteiger partial charge in [0.2, 0.25) is 5.88 Å². The van der Waals surface area contributed by atoms with Gasteiger partial charge < -0.3 is 10.3 Å². The first-order chi connectivity index (χ1) is 9.65. The second kappa shape index (κ2) is 5.19. The van der Waals surface area contributed by atoms with Crippen LogP contribution in [0.25, 0.3) is 22.4 Å². The number of nitrogens with zero attached hydrogens (tertiary/aromatic N) is 1. The second-order valence-electron chi connectivity index (χ2n) is 4.29. The summed E-state index contributed by atoms with van der Waals surface area (Å²) < 4.78 is 5.13. The summed E-state index contributed by atoms with van der Waals surface area (Å²) in [5.41, 5.74) is 8.95. The molecule has 0 radical (unpaired) electrons. The minimum atomic E-state index is 0.252. The molecule has 0 aliphatic rings. The first-order valence-electron chi connectivity index (χ1n) is 5.92. The molecule has 0 spiro atoms. The lowest BCUT2D eigenvalue weighted by atomic mass is 10.0. The standard InChI is InChI=1S/C15H10Cl2N2O/c16-11-5-1-3-9(7-11)13-14(19-20-15(13)18)10-4-2-6-12(17)8-10/h1-8H,18H2. The monoisotopic (exact) mass is 304 g/mol. The Bertz CT molecular complexity index is 768. The largest absolute Gasteiger partial charge is 0.367 e. The minimum absolute atomic E-state index is 0.252. The Morgan fingerprint density at radius 1 is 0.900 bits per heavy atom. The summed E-state index contributed by atoms with van der Waals surface area (Å²) in [6.07, 6.45) is 0. The molecule has 0 unspecified atom stereocenters. The molecule has 0 saturated carbocycles. The predicted molar refractivity (Wildman–Crippen MR) is 81.8 cm³/mol. The molecule has 5 heteroatoms. The van der Waals surface area contributed by atoms with E-state index in [2.05, 4.69) is 5.16 Å². The first-order valence-corrected chi connectivity index (χ1v) is 6.68. The average Bonchev–Trinajstić information content (AvgIpc) is 2.80. The molecule has 1 aromatic heterocycles. The van der Waals surface area contributed by atoms with Crippen LogP contribution in [0.15, 0.2) is 53.1 Å². The summed E-state index contributed by atoms with van der Waals surface area (Å²) >= 11 is 12.0. The molecule has 20 heavy (non-hydrogen) atoms. The Kier molecular flexibility index (Phi) is 3.38. The van der Waals surface area contributed by atoms with E-state index in [1.165, 1.54) is 0 Å². The fraction of sp³-hybridized carbons (Fsp3) is 0. The third kappa shape index (κ3) is 2.38. The van der Waals surface area contributed by atoms with Crippen LogP contribution in [-0.2, 0) is 0 Å². The van der Waals surface area contributed by atoms with Crippen LogP contribution < -0.4 is 5.73 Å². The number of hydrogen-bond donors (Lipinski definition) is 1. The molecule has 0 aliphatic carbocycles. The van der Waals surface area contributed by atoms with Gasteiger partial charge in [0.1, 0.15) is 5.69 Å². The van der Waals surface area contributed by atoms with Gasteiger partial charge in [0.25, 0.3) is 0 Å². The maximum Gasteiger partial charge on any atom is 0.230 e. The van der Waals surface area contributed by atoms with Crippen LogP contribution in [0.3, 0.4) is 0 Å². The highest BCUT2D eigenvalue weighted by atomic mass is 35.5. The molecule has 0 saturated heterocycles. The molecule has 3 nitrogen and oxygen atoms in total. The van der Waals surface area contributed by atoms with Crippen molar-refractivity contribution in [3.8, 4) is 22.4 Å². The van der Waals surface area contributed by atoms with Gasteiger partial charge in [0.15, 0.2) is 0 Å². The number of hydrogen-bond acceptors (Lipinski definition) is 3. The van der Waals surface area contributed by atoms with Gasteiger partial charge in [-0.3, -0.25) is 0 Å². The van der Waals surface area contributed by atoms with E-state index in [0.717, 1.165) is 16.7 Å². The maximum atomic E-state index is 6.02. The zero-order valence-corrected chi connectivity index (χ0v) is 11.8. The van der Waals surface area contributed by atoms with E-state index in [9.17, 15) is 0 Å². The van der Waals surface area contributed by atoms with Crippen molar-refractivity contribution in [2.24, 2.45) is 0 Å². The van der Waals surface area contributed by atoms with Gasteiger partial charge in [-0.1, -0.05) is 52.6 Å². The van der Waals surface area contributed by atoms with Gasteiger partial charge in [-0.05, 0) is 29.8 Å². The molecular weight excluding hydrogens is 295 g/mol. The molecule has 0 atom stereocenters. The third-order valence-electron chi connectivity index (χ3n) is 2.93. The summed E-state index contributed by atoms with van der Waals surface area (Å²) in [6, 6.07) is 14.7. The van der Waals surface area contributed by atoms with Crippen LogP contribution in [0.1, 0.15) is 0 Å². The number of halogens is 2. The van der Waals surface area contributed by atoms with Crippen LogP contribution in [0.4, 0.5) is 5.88 Å². The van der Waals surface area contributed by atoms with Crippen LogP contribution in [-0.4, -0.2) is 5.16 Å². The molecule has 100 valence electrons. The molecule has 2 aromatic carbocycles. The number of aromatic nitrogens is 1. The summed E-state index contributed by atoms with van der Waals surface area (Å²) in [4.78, 5) is 0. The van der Waals surface area contributed by atoms with Crippen molar-refractivity contribution in [2.45, 2.75) is 0 Å². The highest BCUT2D eigenvalue weighted by molar-refractivity contribution is 6.31. The van der Waals surface area contributed by atoms with E-state index in [0.29, 0.717) is 15.7 Å². The number of benzene rings is 2. The second-order valence-corrected chi connectivity index (χ2v) is 5.16. The van der Waals surface area contributed by atoms with Gasteiger partial charge in [-0.25, -0.2) is 0 Å². The van der Waals surface area contributed by atoms with E-state index in [1.807, 2.05) is 36.4 Å². The first kappa shape index (κ1) is 13.0. The fourth-order valence-electron chi connectivity index (χ4n) is 2.06. The highest BCUT2D eigenvalue weighted by Gasteiger charge is 2.17. The van der Waals surface area contributed by atoms with Crippen LogP contribution in [0.2, 0.25) is 10.0 Å². The van der Waals surface area contributed by atoms with E-state index in [4.69, 9.17) is 33.5 Å². The lowest BCUT2D eigenvalue weighted by Gasteiger charge is -2.03. The summed E-state index contributed by atoms with van der Waals surface area (Å²) in [5.74, 6) is 0.252. The summed E-state index contributed by atoms with van der Waals surface area (Å²) in [5, 5.41) is 5.28. The highest BCUT2D eigenvalue weighted by Crippen LogP contribution is 2.37. The normalized spacial score (nSPS) is 10.7. The van der Waals surface area contributed by atoms with Crippen molar-refractivity contribution >= 4 is 29.1 Å². The Morgan fingerprint density at radius 2 is 1.50 bits per heavy atom. The lowest BCUT2D eigenvalue weighted by Crippen LogP contribution is -1.87. The average molecular weight is 305 g/mol. The third-order valence-corrected chi connectivity index (χ3v) is 3.40. The number of anilines is 1. The fourth-order valence-corrected chi connectivity index (χ4v) is 2.44. The van der Waals surface area contributed by atoms with Gasteiger partial charge in [0, 0.05) is 15.6 Å². The molecular formula is C15H10Cl2N2O. The Hall–Kier alpha value is -1.97. The number of rotatable bonds is 2. The summed E-state index contributed by atoms with van der Waals surface area (Å²) in [6.45, 7) is 0. The quantitative estimate of drug-likeness (QED) is 0.732. The maximum absolute atomic E-state index is 6.02. The van der Waals surface area contributed by atoms with Crippen LogP contribution in [0, 0.1) is 0 Å². The topological polar surface area (TPSA) is 52.0 Å². The zero-order chi connectivity index (χ0) is 14.1. The lowest BCUT2D eigenvalue weighted by molar-refractivity contribution is 0.439. The molecule has 3 aromatic rings.